The molecule has 25 heavy (non-hydrogen) atoms. The molecule has 1 fully saturated rings. The first-order valence-corrected chi connectivity index (χ1v) is 8.80. The van der Waals surface area contributed by atoms with Gasteiger partial charge >= 0.3 is 0 Å². The fourth-order valence-electron chi connectivity index (χ4n) is 3.14. The summed E-state index contributed by atoms with van der Waals surface area (Å²) in [6.07, 6.45) is 8.25. The highest BCUT2D eigenvalue weighted by Crippen LogP contribution is 2.23. The van der Waals surface area contributed by atoms with Crippen molar-refractivity contribution in [1.29, 1.82) is 0 Å². The molecule has 0 atom stereocenters. The van der Waals surface area contributed by atoms with E-state index in [1.165, 1.54) is 0 Å². The summed E-state index contributed by atoms with van der Waals surface area (Å²) >= 11 is 0. The fourth-order valence-corrected chi connectivity index (χ4v) is 3.14. The minimum Gasteiger partial charge on any atom is -0.348 e. The van der Waals surface area contributed by atoms with E-state index in [4.69, 9.17) is 0 Å². The average Bonchev–Trinajstić information content (AvgIpc) is 3.37. The van der Waals surface area contributed by atoms with Gasteiger partial charge in [0.2, 0.25) is 0 Å². The summed E-state index contributed by atoms with van der Waals surface area (Å²) in [4.78, 5) is 33.5. The van der Waals surface area contributed by atoms with E-state index in [0.29, 0.717) is 18.1 Å². The van der Waals surface area contributed by atoms with Gasteiger partial charge in [-0.1, -0.05) is 0 Å². The Morgan fingerprint density at radius 2 is 1.96 bits per heavy atom. The van der Waals surface area contributed by atoms with E-state index < -0.39 is 0 Å². The molecule has 2 aromatic heterocycles. The maximum atomic E-state index is 12.6. The zero-order valence-corrected chi connectivity index (χ0v) is 14.0. The first-order chi connectivity index (χ1) is 12.2. The predicted octanol–water partition coefficient (Wildman–Crippen LogP) is 1.44. The number of pyridine rings is 1. The highest BCUT2D eigenvalue weighted by molar-refractivity contribution is 5.97. The highest BCUT2D eigenvalue weighted by atomic mass is 16.2. The molecule has 3 heterocycles. The van der Waals surface area contributed by atoms with Gasteiger partial charge in [-0.25, -0.2) is 4.98 Å². The molecule has 0 aromatic carbocycles. The number of rotatable bonds is 5. The Morgan fingerprint density at radius 1 is 1.16 bits per heavy atom. The molecule has 4 rings (SSSR count). The van der Waals surface area contributed by atoms with E-state index in [0.717, 1.165) is 49.9 Å². The third kappa shape index (κ3) is 3.40. The third-order valence-corrected chi connectivity index (χ3v) is 4.65. The number of carbonyl (C=O) groups excluding carboxylic acids is 2. The Kier molecular flexibility index (Phi) is 4.21. The second-order valence-corrected chi connectivity index (χ2v) is 6.63. The molecule has 0 saturated heterocycles. The zero-order valence-electron chi connectivity index (χ0n) is 14.0. The Bertz CT molecular complexity index is 795. The second-order valence-electron chi connectivity index (χ2n) is 6.63. The van der Waals surface area contributed by atoms with Crippen molar-refractivity contribution >= 4 is 11.8 Å². The van der Waals surface area contributed by atoms with Crippen molar-refractivity contribution in [3.05, 3.63) is 47.3 Å². The van der Waals surface area contributed by atoms with E-state index in [1.807, 2.05) is 16.7 Å². The zero-order chi connectivity index (χ0) is 17.2. The molecule has 2 N–H and O–H groups in total. The van der Waals surface area contributed by atoms with Gasteiger partial charge in [0.1, 0.15) is 5.69 Å². The summed E-state index contributed by atoms with van der Waals surface area (Å²) in [5, 5.41) is 5.87. The number of imidazole rings is 1. The lowest BCUT2D eigenvalue weighted by atomic mass is 10.1. The van der Waals surface area contributed by atoms with Crippen LogP contribution in [0.25, 0.3) is 0 Å². The number of nitrogens with one attached hydrogen (secondary N) is 2. The van der Waals surface area contributed by atoms with E-state index in [1.54, 1.807) is 12.4 Å². The second kappa shape index (κ2) is 6.66. The lowest BCUT2D eigenvalue weighted by Gasteiger charge is -2.17. The molecule has 1 aliphatic heterocycles. The molecule has 0 unspecified atom stereocenters. The first-order valence-electron chi connectivity index (χ1n) is 8.80. The van der Waals surface area contributed by atoms with Crippen LogP contribution in [0, 0.1) is 0 Å². The van der Waals surface area contributed by atoms with Crippen LogP contribution in [0.5, 0.6) is 0 Å². The monoisotopic (exact) mass is 339 g/mol. The summed E-state index contributed by atoms with van der Waals surface area (Å²) in [6.45, 7) is 1.14. The van der Waals surface area contributed by atoms with Crippen LogP contribution in [0.1, 0.15) is 58.0 Å². The number of carbonyl (C=O) groups is 2. The number of fused-ring (bicyclic) bond motifs is 1. The van der Waals surface area contributed by atoms with Crippen LogP contribution < -0.4 is 10.6 Å². The van der Waals surface area contributed by atoms with Gasteiger partial charge < -0.3 is 15.2 Å². The van der Waals surface area contributed by atoms with Crippen LogP contribution in [0.15, 0.2) is 24.5 Å². The molecule has 1 aliphatic carbocycles. The predicted molar refractivity (Wildman–Crippen MR) is 91.1 cm³/mol. The van der Waals surface area contributed by atoms with E-state index in [-0.39, 0.29) is 17.9 Å². The number of hydrogen-bond donors (Lipinski definition) is 2. The maximum Gasteiger partial charge on any atom is 0.287 e. The first kappa shape index (κ1) is 15.8. The minimum atomic E-state index is -0.245. The summed E-state index contributed by atoms with van der Waals surface area (Å²) in [6, 6.07) is 3.99. The largest absolute Gasteiger partial charge is 0.348 e. The molecule has 0 spiro atoms. The summed E-state index contributed by atoms with van der Waals surface area (Å²) < 4.78 is 1.91. The molecule has 7 heteroatoms. The highest BCUT2D eigenvalue weighted by Gasteiger charge is 2.30. The van der Waals surface area contributed by atoms with Crippen molar-refractivity contribution in [1.82, 2.24) is 25.2 Å². The standard InChI is InChI=1S/C18H21N5O2/c24-17(21-13-4-5-13)15-14-3-1-2-10-23(14)16(22-15)18(25)20-11-12-6-8-19-9-7-12/h6-9,13H,1-5,10-11H2,(H,20,25)(H,21,24). The van der Waals surface area contributed by atoms with Gasteiger partial charge in [-0.2, -0.15) is 0 Å². The Labute approximate surface area is 145 Å². The molecule has 1 saturated carbocycles. The molecule has 0 radical (unpaired) electrons. The van der Waals surface area contributed by atoms with Crippen molar-refractivity contribution in [3.8, 4) is 0 Å². The van der Waals surface area contributed by atoms with Gasteiger partial charge in [0.25, 0.3) is 11.8 Å². The van der Waals surface area contributed by atoms with Gasteiger partial charge in [0.05, 0.1) is 5.69 Å². The normalized spacial score (nSPS) is 16.2. The van der Waals surface area contributed by atoms with Crippen LogP contribution in [0.3, 0.4) is 0 Å². The molecule has 7 nitrogen and oxygen atoms in total. The molecule has 2 aliphatic rings. The van der Waals surface area contributed by atoms with Gasteiger partial charge in [0, 0.05) is 31.5 Å². The van der Waals surface area contributed by atoms with Gasteiger partial charge in [-0.05, 0) is 49.8 Å². The molecule has 2 aromatic rings. The fraction of sp³-hybridized carbons (Fsp3) is 0.444. The average molecular weight is 339 g/mol. The van der Waals surface area contributed by atoms with Crippen molar-refractivity contribution in [2.75, 3.05) is 0 Å². The van der Waals surface area contributed by atoms with Crippen LogP contribution >= 0.6 is 0 Å². The number of hydrogen-bond acceptors (Lipinski definition) is 4. The lowest BCUT2D eigenvalue weighted by molar-refractivity contribution is 0.0935. The number of nitrogens with zero attached hydrogens (tertiary/aromatic N) is 3. The van der Waals surface area contributed by atoms with Gasteiger partial charge in [-0.15, -0.1) is 0 Å². The van der Waals surface area contributed by atoms with Crippen LogP contribution in [0.4, 0.5) is 0 Å². The Hall–Kier alpha value is -2.70. The smallest absolute Gasteiger partial charge is 0.287 e. The van der Waals surface area contributed by atoms with Crippen molar-refractivity contribution < 1.29 is 9.59 Å². The topological polar surface area (TPSA) is 88.9 Å². The summed E-state index contributed by atoms with van der Waals surface area (Å²) in [5.74, 6) is -0.0588. The SMILES string of the molecule is O=C(NC1CC1)c1nc(C(=O)NCc2ccncc2)n2c1CCCC2. The van der Waals surface area contributed by atoms with Crippen molar-refractivity contribution in [2.45, 2.75) is 51.2 Å². The van der Waals surface area contributed by atoms with Gasteiger partial charge in [0.15, 0.2) is 5.82 Å². The van der Waals surface area contributed by atoms with Gasteiger partial charge in [-0.3, -0.25) is 14.6 Å². The van der Waals surface area contributed by atoms with E-state index in [2.05, 4.69) is 20.6 Å². The van der Waals surface area contributed by atoms with Crippen LogP contribution in [-0.2, 0) is 19.5 Å². The Balaban J connectivity index is 1.54. The number of aromatic nitrogens is 3. The molecule has 2 amide bonds. The molecule has 0 bridgehead atoms. The third-order valence-electron chi connectivity index (χ3n) is 4.65. The summed E-state index contributed by atoms with van der Waals surface area (Å²) in [7, 11) is 0. The minimum absolute atomic E-state index is 0.152. The number of amides is 2. The van der Waals surface area contributed by atoms with Crippen LogP contribution in [-0.4, -0.2) is 32.4 Å². The quantitative estimate of drug-likeness (QED) is 0.862. The van der Waals surface area contributed by atoms with E-state index >= 15 is 0 Å². The molecule has 130 valence electrons. The maximum absolute atomic E-state index is 12.6. The summed E-state index contributed by atoms with van der Waals surface area (Å²) in [5.41, 5.74) is 2.28. The lowest BCUT2D eigenvalue weighted by Crippen LogP contribution is -2.27. The Morgan fingerprint density at radius 3 is 2.72 bits per heavy atom. The van der Waals surface area contributed by atoms with Crippen LogP contribution in [0.2, 0.25) is 0 Å². The van der Waals surface area contributed by atoms with Crippen molar-refractivity contribution in [3.63, 3.8) is 0 Å². The van der Waals surface area contributed by atoms with E-state index in [9.17, 15) is 9.59 Å². The molecular weight excluding hydrogens is 318 g/mol. The van der Waals surface area contributed by atoms with Crippen molar-refractivity contribution in [2.24, 2.45) is 0 Å². The molecular formula is C18H21N5O2.